The summed E-state index contributed by atoms with van der Waals surface area (Å²) in [7, 11) is 0. The van der Waals surface area contributed by atoms with Crippen molar-refractivity contribution in [2.45, 2.75) is 44.7 Å². The van der Waals surface area contributed by atoms with Gasteiger partial charge < -0.3 is 9.64 Å². The molecule has 2 unspecified atom stereocenters. The van der Waals surface area contributed by atoms with Crippen LogP contribution < -0.4 is 4.74 Å². The minimum Gasteiger partial charge on any atom is -0.482 e. The Balaban J connectivity index is 1.59. The van der Waals surface area contributed by atoms with E-state index in [4.69, 9.17) is 4.74 Å². The number of carbonyl (C=O) groups is 1. The summed E-state index contributed by atoms with van der Waals surface area (Å²) in [5.41, 5.74) is 0. The molecule has 0 spiro atoms. The van der Waals surface area contributed by atoms with Gasteiger partial charge in [-0.15, -0.1) is 0 Å². The highest BCUT2D eigenvalue weighted by Gasteiger charge is 2.39. The predicted octanol–water partition coefficient (Wildman–Crippen LogP) is 1.94. The molecule has 2 aliphatic heterocycles. The van der Waals surface area contributed by atoms with Gasteiger partial charge in [-0.25, -0.2) is 0 Å². The zero-order valence-corrected chi connectivity index (χ0v) is 13.3. The lowest BCUT2D eigenvalue weighted by molar-refractivity contribution is -0.135. The topological polar surface area (TPSA) is 45.7 Å². The number of rotatable bonds is 5. The Morgan fingerprint density at radius 2 is 2.14 bits per heavy atom. The number of aromatic nitrogens is 1. The summed E-state index contributed by atoms with van der Waals surface area (Å²) in [4.78, 5) is 21.1. The van der Waals surface area contributed by atoms with Crippen molar-refractivity contribution < 1.29 is 9.53 Å². The van der Waals surface area contributed by atoms with E-state index in [-0.39, 0.29) is 12.5 Å². The van der Waals surface area contributed by atoms with Crippen LogP contribution in [0.4, 0.5) is 0 Å². The Morgan fingerprint density at radius 1 is 1.32 bits per heavy atom. The van der Waals surface area contributed by atoms with Gasteiger partial charge >= 0.3 is 0 Å². The smallest absolute Gasteiger partial charge is 0.260 e. The lowest BCUT2D eigenvalue weighted by atomic mass is 10.0. The molecule has 2 atom stereocenters. The molecule has 2 fully saturated rings. The van der Waals surface area contributed by atoms with E-state index >= 15 is 0 Å². The molecule has 1 amide bonds. The van der Waals surface area contributed by atoms with Gasteiger partial charge in [0.25, 0.3) is 5.91 Å². The molecule has 0 aromatic carbocycles. The predicted molar refractivity (Wildman–Crippen MR) is 84.7 cm³/mol. The van der Waals surface area contributed by atoms with Crippen LogP contribution in [0.1, 0.15) is 32.6 Å². The van der Waals surface area contributed by atoms with Crippen molar-refractivity contribution in [1.82, 2.24) is 14.8 Å². The number of pyridine rings is 1. The van der Waals surface area contributed by atoms with Crippen molar-refractivity contribution in [3.8, 4) is 5.75 Å². The first-order chi connectivity index (χ1) is 10.8. The summed E-state index contributed by atoms with van der Waals surface area (Å²) in [5, 5.41) is 0. The molecular formula is C17H25N3O2. The highest BCUT2D eigenvalue weighted by atomic mass is 16.5. The summed E-state index contributed by atoms with van der Waals surface area (Å²) < 4.78 is 5.58. The second-order valence-corrected chi connectivity index (χ2v) is 6.11. The first-order valence-electron chi connectivity index (χ1n) is 8.36. The number of nitrogens with zero attached hydrogens (tertiary/aromatic N) is 3. The third-order valence-electron chi connectivity index (χ3n) is 4.88. The molecule has 120 valence electrons. The Morgan fingerprint density at radius 3 is 2.91 bits per heavy atom. The van der Waals surface area contributed by atoms with E-state index in [0.717, 1.165) is 25.9 Å². The van der Waals surface area contributed by atoms with Gasteiger partial charge in [0.05, 0.1) is 6.20 Å². The first-order valence-corrected chi connectivity index (χ1v) is 8.36. The zero-order valence-electron chi connectivity index (χ0n) is 13.3. The number of ether oxygens (including phenoxy) is 1. The monoisotopic (exact) mass is 303 g/mol. The van der Waals surface area contributed by atoms with Crippen molar-refractivity contribution >= 4 is 5.91 Å². The number of likely N-dealkylation sites (tertiary alicyclic amines) is 2. The maximum Gasteiger partial charge on any atom is 0.260 e. The molecular weight excluding hydrogens is 278 g/mol. The quantitative estimate of drug-likeness (QED) is 0.834. The van der Waals surface area contributed by atoms with E-state index in [1.807, 2.05) is 12.1 Å². The fourth-order valence-corrected chi connectivity index (χ4v) is 3.84. The highest BCUT2D eigenvalue weighted by Crippen LogP contribution is 2.29. The van der Waals surface area contributed by atoms with Crippen LogP contribution in [0.3, 0.4) is 0 Å². The van der Waals surface area contributed by atoms with Gasteiger partial charge in [0.15, 0.2) is 6.61 Å². The van der Waals surface area contributed by atoms with Crippen molar-refractivity contribution in [3.63, 3.8) is 0 Å². The fourth-order valence-electron chi connectivity index (χ4n) is 3.84. The van der Waals surface area contributed by atoms with E-state index in [1.165, 1.54) is 19.4 Å². The Bertz CT molecular complexity index is 494. The molecule has 0 N–H and O–H groups in total. The van der Waals surface area contributed by atoms with Crippen molar-refractivity contribution in [1.29, 1.82) is 0 Å². The van der Waals surface area contributed by atoms with Crippen LogP contribution in [0.25, 0.3) is 0 Å². The second kappa shape index (κ2) is 7.09. The van der Waals surface area contributed by atoms with Crippen molar-refractivity contribution in [3.05, 3.63) is 24.5 Å². The minimum atomic E-state index is 0.106. The summed E-state index contributed by atoms with van der Waals surface area (Å²) in [5.74, 6) is 0.761. The number of carbonyl (C=O) groups excluding carboxylic acids is 1. The Kier molecular flexibility index (Phi) is 4.93. The molecule has 3 heterocycles. The number of likely N-dealkylation sites (N-methyl/N-ethyl adjacent to an activating group) is 1. The molecule has 2 aliphatic rings. The molecule has 1 aromatic heterocycles. The standard InChI is InChI=1S/C17H25N3O2/c1-2-19-10-4-7-15(19)16-8-5-11-20(16)17(21)13-22-14-6-3-9-18-12-14/h3,6,9,12,15-16H,2,4-5,7-8,10-11,13H2,1H3. The summed E-state index contributed by atoms with van der Waals surface area (Å²) >= 11 is 0. The van der Waals surface area contributed by atoms with Gasteiger partial charge in [0, 0.05) is 24.8 Å². The maximum atomic E-state index is 12.5. The molecule has 5 nitrogen and oxygen atoms in total. The van der Waals surface area contributed by atoms with Crippen LogP contribution in [0.5, 0.6) is 5.75 Å². The largest absolute Gasteiger partial charge is 0.482 e. The van der Waals surface area contributed by atoms with E-state index in [2.05, 4.69) is 21.7 Å². The van der Waals surface area contributed by atoms with E-state index in [9.17, 15) is 4.79 Å². The normalized spacial score (nSPS) is 25.6. The number of hydrogen-bond acceptors (Lipinski definition) is 4. The van der Waals surface area contributed by atoms with Gasteiger partial charge in [0.1, 0.15) is 5.75 Å². The fraction of sp³-hybridized carbons (Fsp3) is 0.647. The van der Waals surface area contributed by atoms with Gasteiger partial charge in [-0.1, -0.05) is 6.92 Å². The van der Waals surface area contributed by atoms with Crippen molar-refractivity contribution in [2.75, 3.05) is 26.2 Å². The Hall–Kier alpha value is -1.62. The average Bonchev–Trinajstić information content (AvgIpc) is 3.21. The molecule has 5 heteroatoms. The minimum absolute atomic E-state index is 0.106. The number of amides is 1. The summed E-state index contributed by atoms with van der Waals surface area (Å²) in [6.45, 7) is 5.45. The third-order valence-corrected chi connectivity index (χ3v) is 4.88. The van der Waals surface area contributed by atoms with Crippen LogP contribution in [-0.4, -0.2) is 59.0 Å². The van der Waals surface area contributed by atoms with Gasteiger partial charge in [0.2, 0.25) is 0 Å². The average molecular weight is 303 g/mol. The van der Waals surface area contributed by atoms with Gasteiger partial charge in [-0.3, -0.25) is 14.7 Å². The number of hydrogen-bond donors (Lipinski definition) is 0. The molecule has 0 bridgehead atoms. The maximum absolute atomic E-state index is 12.5. The van der Waals surface area contributed by atoms with Gasteiger partial charge in [-0.2, -0.15) is 0 Å². The van der Waals surface area contributed by atoms with E-state index in [1.54, 1.807) is 12.4 Å². The lowest BCUT2D eigenvalue weighted by Crippen LogP contribution is -2.49. The van der Waals surface area contributed by atoms with Crippen LogP contribution in [0.15, 0.2) is 24.5 Å². The van der Waals surface area contributed by atoms with Crippen LogP contribution in [0, 0.1) is 0 Å². The van der Waals surface area contributed by atoms with Gasteiger partial charge in [-0.05, 0) is 50.9 Å². The summed E-state index contributed by atoms with van der Waals surface area (Å²) in [6.07, 6.45) is 8.04. The molecule has 3 rings (SSSR count). The molecule has 0 saturated carbocycles. The second-order valence-electron chi connectivity index (χ2n) is 6.11. The molecule has 2 saturated heterocycles. The highest BCUT2D eigenvalue weighted by molar-refractivity contribution is 5.78. The third kappa shape index (κ3) is 3.24. The first kappa shape index (κ1) is 15.3. The lowest BCUT2D eigenvalue weighted by Gasteiger charge is -2.34. The molecule has 22 heavy (non-hydrogen) atoms. The SMILES string of the molecule is CCN1CCCC1C1CCCN1C(=O)COc1cccnc1. The van der Waals surface area contributed by atoms with E-state index in [0.29, 0.717) is 17.8 Å². The molecule has 0 radical (unpaired) electrons. The van der Waals surface area contributed by atoms with Crippen LogP contribution in [0.2, 0.25) is 0 Å². The van der Waals surface area contributed by atoms with Crippen LogP contribution >= 0.6 is 0 Å². The molecule has 1 aromatic rings. The Labute approximate surface area is 132 Å². The zero-order chi connectivity index (χ0) is 15.4. The molecule has 0 aliphatic carbocycles. The van der Waals surface area contributed by atoms with E-state index < -0.39 is 0 Å². The summed E-state index contributed by atoms with van der Waals surface area (Å²) in [6, 6.07) is 4.55. The van der Waals surface area contributed by atoms with Crippen molar-refractivity contribution in [2.24, 2.45) is 0 Å². The van der Waals surface area contributed by atoms with Crippen LogP contribution in [-0.2, 0) is 4.79 Å².